The highest BCUT2D eigenvalue weighted by atomic mass is 79.9. The highest BCUT2D eigenvalue weighted by molar-refractivity contribution is 9.10. The molecular formula is C16H16BrN5. The lowest BCUT2D eigenvalue weighted by Crippen LogP contribution is -2.09. The summed E-state index contributed by atoms with van der Waals surface area (Å²) in [6.07, 6.45) is 6.59. The van der Waals surface area contributed by atoms with E-state index in [2.05, 4.69) is 31.0 Å². The summed E-state index contributed by atoms with van der Waals surface area (Å²) in [5.74, 6) is 1.86. The van der Waals surface area contributed by atoms with Gasteiger partial charge in [0.1, 0.15) is 5.82 Å². The molecule has 6 heteroatoms. The molecular weight excluding hydrogens is 342 g/mol. The fourth-order valence-corrected chi connectivity index (χ4v) is 3.01. The Hall–Kier alpha value is -1.95. The number of nitrogens with zero attached hydrogens (tertiary/aromatic N) is 4. The van der Waals surface area contributed by atoms with Crippen LogP contribution in [0.4, 0.5) is 5.82 Å². The number of fused-ring (bicyclic) bond motifs is 1. The third-order valence-electron chi connectivity index (χ3n) is 4.09. The third kappa shape index (κ3) is 2.47. The standard InChI is InChI=1S/C16H16BrN5/c17-14-12(8-7-10-5-6-10)20-16(21-15(14)18)22-13-4-2-1-3-11(13)9-19-22/h1-4,9-10H,5-8H2,(H2,18,20,21). The van der Waals surface area contributed by atoms with E-state index in [-0.39, 0.29) is 0 Å². The number of aromatic nitrogens is 4. The molecule has 22 heavy (non-hydrogen) atoms. The van der Waals surface area contributed by atoms with Crippen LogP contribution in [-0.4, -0.2) is 19.7 Å². The van der Waals surface area contributed by atoms with E-state index in [1.54, 1.807) is 4.68 Å². The van der Waals surface area contributed by atoms with Gasteiger partial charge in [0.2, 0.25) is 0 Å². The van der Waals surface area contributed by atoms with Crippen LogP contribution < -0.4 is 5.73 Å². The first kappa shape index (κ1) is 13.7. The number of nitrogen functional groups attached to an aromatic ring is 1. The largest absolute Gasteiger partial charge is 0.383 e. The van der Waals surface area contributed by atoms with Crippen LogP contribution in [0.15, 0.2) is 34.9 Å². The number of hydrogen-bond donors (Lipinski definition) is 1. The second kappa shape index (κ2) is 5.35. The summed E-state index contributed by atoms with van der Waals surface area (Å²) < 4.78 is 2.56. The monoisotopic (exact) mass is 357 g/mol. The molecule has 4 rings (SSSR count). The van der Waals surface area contributed by atoms with Crippen LogP contribution in [0.3, 0.4) is 0 Å². The van der Waals surface area contributed by atoms with Gasteiger partial charge in [0.05, 0.1) is 21.9 Å². The molecule has 2 aromatic heterocycles. The topological polar surface area (TPSA) is 69.6 Å². The minimum Gasteiger partial charge on any atom is -0.383 e. The first-order valence-electron chi connectivity index (χ1n) is 7.47. The maximum Gasteiger partial charge on any atom is 0.253 e. The molecule has 5 nitrogen and oxygen atoms in total. The zero-order valence-electron chi connectivity index (χ0n) is 12.0. The average molecular weight is 358 g/mol. The van der Waals surface area contributed by atoms with Crippen molar-refractivity contribution in [2.75, 3.05) is 5.73 Å². The number of hydrogen-bond acceptors (Lipinski definition) is 4. The summed E-state index contributed by atoms with van der Waals surface area (Å²) in [6, 6.07) is 8.01. The highest BCUT2D eigenvalue weighted by Gasteiger charge is 2.22. The SMILES string of the molecule is Nc1nc(-n2ncc3ccccc32)nc(CCC2CC2)c1Br. The van der Waals surface area contributed by atoms with Gasteiger partial charge in [0.15, 0.2) is 0 Å². The zero-order chi connectivity index (χ0) is 15.1. The average Bonchev–Trinajstić information content (AvgIpc) is 3.26. The summed E-state index contributed by atoms with van der Waals surface area (Å²) in [4.78, 5) is 9.08. The van der Waals surface area contributed by atoms with Gasteiger partial charge >= 0.3 is 0 Å². The summed E-state index contributed by atoms with van der Waals surface area (Å²) >= 11 is 3.52. The lowest BCUT2D eigenvalue weighted by Gasteiger charge is -2.09. The van der Waals surface area contributed by atoms with Gasteiger partial charge in [-0.15, -0.1) is 0 Å². The lowest BCUT2D eigenvalue weighted by atomic mass is 10.2. The van der Waals surface area contributed by atoms with E-state index in [0.29, 0.717) is 11.8 Å². The molecule has 1 saturated carbocycles. The number of halogens is 1. The van der Waals surface area contributed by atoms with Crippen molar-refractivity contribution in [2.45, 2.75) is 25.7 Å². The molecule has 1 fully saturated rings. The quantitative estimate of drug-likeness (QED) is 0.775. The lowest BCUT2D eigenvalue weighted by molar-refractivity contribution is 0.702. The first-order chi connectivity index (χ1) is 10.7. The fourth-order valence-electron chi connectivity index (χ4n) is 2.64. The molecule has 112 valence electrons. The summed E-state index contributed by atoms with van der Waals surface area (Å²) in [5.41, 5.74) is 8.00. The Bertz CT molecular complexity index is 838. The van der Waals surface area contributed by atoms with Gasteiger partial charge in [-0.25, -0.2) is 4.98 Å². The smallest absolute Gasteiger partial charge is 0.253 e. The van der Waals surface area contributed by atoms with E-state index < -0.39 is 0 Å². The van der Waals surface area contributed by atoms with Gasteiger partial charge in [-0.1, -0.05) is 31.0 Å². The van der Waals surface area contributed by atoms with E-state index >= 15 is 0 Å². The van der Waals surface area contributed by atoms with Crippen LogP contribution in [0, 0.1) is 5.92 Å². The first-order valence-corrected chi connectivity index (χ1v) is 8.26. The highest BCUT2D eigenvalue weighted by Crippen LogP contribution is 2.34. The number of para-hydroxylation sites is 1. The van der Waals surface area contributed by atoms with E-state index in [9.17, 15) is 0 Å². The van der Waals surface area contributed by atoms with Crippen LogP contribution >= 0.6 is 15.9 Å². The van der Waals surface area contributed by atoms with E-state index in [4.69, 9.17) is 5.73 Å². The molecule has 2 N–H and O–H groups in total. The van der Waals surface area contributed by atoms with Gasteiger partial charge in [0.25, 0.3) is 5.95 Å². The zero-order valence-corrected chi connectivity index (χ0v) is 13.6. The van der Waals surface area contributed by atoms with Crippen molar-refractivity contribution < 1.29 is 0 Å². The van der Waals surface area contributed by atoms with E-state index in [1.165, 1.54) is 12.8 Å². The molecule has 0 amide bonds. The van der Waals surface area contributed by atoms with Crippen molar-refractivity contribution in [3.05, 3.63) is 40.6 Å². The molecule has 0 radical (unpaired) electrons. The molecule has 1 aromatic carbocycles. The Morgan fingerprint density at radius 3 is 2.86 bits per heavy atom. The van der Waals surface area contributed by atoms with E-state index in [1.807, 2.05) is 30.5 Å². The number of aryl methyl sites for hydroxylation is 1. The predicted molar refractivity (Wildman–Crippen MR) is 89.8 cm³/mol. The van der Waals surface area contributed by atoms with E-state index in [0.717, 1.165) is 39.8 Å². The molecule has 0 atom stereocenters. The molecule has 3 aromatic rings. The minimum atomic E-state index is 0.468. The summed E-state index contributed by atoms with van der Waals surface area (Å²) in [6.45, 7) is 0. The number of anilines is 1. The van der Waals surface area contributed by atoms with Gasteiger partial charge in [-0.2, -0.15) is 14.8 Å². The predicted octanol–water partition coefficient (Wildman–Crippen LogP) is 3.50. The molecule has 1 aliphatic carbocycles. The van der Waals surface area contributed by atoms with Crippen molar-refractivity contribution in [2.24, 2.45) is 5.92 Å². The van der Waals surface area contributed by atoms with Gasteiger partial charge in [-0.3, -0.25) is 0 Å². The van der Waals surface area contributed by atoms with Crippen LogP contribution in [-0.2, 0) is 6.42 Å². The van der Waals surface area contributed by atoms with Crippen LogP contribution in [0.25, 0.3) is 16.9 Å². The van der Waals surface area contributed by atoms with Gasteiger partial charge in [-0.05, 0) is 40.8 Å². The molecule has 0 spiro atoms. The normalized spacial score (nSPS) is 14.6. The Labute approximate surface area is 136 Å². The number of rotatable bonds is 4. The maximum absolute atomic E-state index is 6.05. The van der Waals surface area contributed by atoms with Crippen molar-refractivity contribution in [1.82, 2.24) is 19.7 Å². The summed E-state index contributed by atoms with van der Waals surface area (Å²) in [5, 5.41) is 5.47. The second-order valence-electron chi connectivity index (χ2n) is 5.77. The molecule has 0 aliphatic heterocycles. The van der Waals surface area contributed by atoms with Crippen LogP contribution in [0.1, 0.15) is 25.0 Å². The van der Waals surface area contributed by atoms with Crippen molar-refractivity contribution in [3.63, 3.8) is 0 Å². The fraction of sp³-hybridized carbons (Fsp3) is 0.312. The molecule has 1 aliphatic rings. The Morgan fingerprint density at radius 1 is 1.23 bits per heavy atom. The van der Waals surface area contributed by atoms with Gasteiger partial charge < -0.3 is 5.73 Å². The minimum absolute atomic E-state index is 0.468. The third-order valence-corrected chi connectivity index (χ3v) is 4.95. The van der Waals surface area contributed by atoms with Crippen molar-refractivity contribution in [3.8, 4) is 5.95 Å². The molecule has 0 bridgehead atoms. The second-order valence-corrected chi connectivity index (χ2v) is 6.56. The molecule has 0 saturated heterocycles. The van der Waals surface area contributed by atoms with Gasteiger partial charge in [0, 0.05) is 5.39 Å². The Balaban J connectivity index is 1.77. The van der Waals surface area contributed by atoms with Crippen LogP contribution in [0.2, 0.25) is 0 Å². The van der Waals surface area contributed by atoms with Crippen molar-refractivity contribution in [1.29, 1.82) is 0 Å². The van der Waals surface area contributed by atoms with Crippen molar-refractivity contribution >= 4 is 32.7 Å². The maximum atomic E-state index is 6.05. The Kier molecular flexibility index (Phi) is 3.33. The molecule has 0 unspecified atom stereocenters. The molecule has 2 heterocycles. The number of nitrogens with two attached hydrogens (primary N) is 1. The Morgan fingerprint density at radius 2 is 2.05 bits per heavy atom. The van der Waals surface area contributed by atoms with Crippen LogP contribution in [0.5, 0.6) is 0 Å². The summed E-state index contributed by atoms with van der Waals surface area (Å²) in [7, 11) is 0. The number of benzene rings is 1.